The lowest BCUT2D eigenvalue weighted by Gasteiger charge is -2.32. The van der Waals surface area contributed by atoms with Gasteiger partial charge in [0, 0.05) is 25.8 Å². The number of rotatable bonds is 2. The van der Waals surface area contributed by atoms with Crippen LogP contribution in [-0.2, 0) is 22.5 Å². The number of fused-ring (bicyclic) bond motifs is 1. The van der Waals surface area contributed by atoms with Crippen molar-refractivity contribution in [3.8, 4) is 0 Å². The van der Waals surface area contributed by atoms with Crippen LogP contribution >= 0.6 is 0 Å². The molecule has 2 heterocycles. The van der Waals surface area contributed by atoms with Gasteiger partial charge in [0.1, 0.15) is 11.6 Å². The summed E-state index contributed by atoms with van der Waals surface area (Å²) in [6, 6.07) is 5.90. The predicted octanol–water partition coefficient (Wildman–Crippen LogP) is 2.62. The molecule has 6 nitrogen and oxygen atoms in total. The number of anilines is 1. The summed E-state index contributed by atoms with van der Waals surface area (Å²) >= 11 is 0. The first-order valence-corrected chi connectivity index (χ1v) is 8.85. The van der Waals surface area contributed by atoms with E-state index in [0.29, 0.717) is 13.1 Å². The molecule has 2 amide bonds. The van der Waals surface area contributed by atoms with Crippen LogP contribution in [0, 0.1) is 0 Å². The molecule has 0 aromatic heterocycles. The Morgan fingerprint density at radius 1 is 1.28 bits per heavy atom. The fraction of sp³-hybridized carbons (Fsp3) is 0.579. The molecule has 2 aliphatic heterocycles. The summed E-state index contributed by atoms with van der Waals surface area (Å²) in [5.41, 5.74) is 2.75. The molecule has 136 valence electrons. The first kappa shape index (κ1) is 17.6. The van der Waals surface area contributed by atoms with E-state index in [-0.39, 0.29) is 18.0 Å². The van der Waals surface area contributed by atoms with Crippen molar-refractivity contribution in [2.24, 2.45) is 0 Å². The van der Waals surface area contributed by atoms with Crippen LogP contribution in [0.1, 0.15) is 38.3 Å². The average Bonchev–Trinajstić information content (AvgIpc) is 2.85. The maximum absolute atomic E-state index is 12.4. The fourth-order valence-corrected chi connectivity index (χ4v) is 3.34. The van der Waals surface area contributed by atoms with Crippen LogP contribution in [0.25, 0.3) is 0 Å². The Morgan fingerprint density at radius 3 is 2.68 bits per heavy atom. The van der Waals surface area contributed by atoms with Crippen molar-refractivity contribution in [2.45, 2.75) is 51.8 Å². The minimum absolute atomic E-state index is 0.123. The standard InChI is InChI=1S/C19H27N3O3/c1-19(2,3)25-18(24)22-11-8-13-6-5-7-15(14(13)12-22)20-16-9-10-21(4)17(16)23/h5-7,16,20H,8-12H2,1-4H3/t16-/m0/s1. The highest BCUT2D eigenvalue weighted by molar-refractivity contribution is 5.86. The molecule has 0 saturated carbocycles. The fourth-order valence-electron chi connectivity index (χ4n) is 3.34. The van der Waals surface area contributed by atoms with Gasteiger partial charge >= 0.3 is 6.09 Å². The highest BCUT2D eigenvalue weighted by Gasteiger charge is 2.31. The Hall–Kier alpha value is -2.24. The van der Waals surface area contributed by atoms with Gasteiger partial charge in [0.15, 0.2) is 0 Å². The molecule has 0 aliphatic carbocycles. The van der Waals surface area contributed by atoms with Gasteiger partial charge in [-0.15, -0.1) is 0 Å². The topological polar surface area (TPSA) is 61.9 Å². The Morgan fingerprint density at radius 2 is 2.04 bits per heavy atom. The van der Waals surface area contributed by atoms with Gasteiger partial charge in [-0.05, 0) is 50.8 Å². The van der Waals surface area contributed by atoms with E-state index in [2.05, 4.69) is 11.4 Å². The number of amides is 2. The summed E-state index contributed by atoms with van der Waals surface area (Å²) in [5, 5.41) is 3.39. The van der Waals surface area contributed by atoms with E-state index in [1.165, 1.54) is 5.56 Å². The SMILES string of the molecule is CN1CC[C@H](Nc2cccc3c2CN(C(=O)OC(C)(C)C)CC3)C1=O. The smallest absolute Gasteiger partial charge is 0.410 e. The van der Waals surface area contributed by atoms with Crippen molar-refractivity contribution in [1.29, 1.82) is 0 Å². The monoisotopic (exact) mass is 345 g/mol. The Labute approximate surface area is 149 Å². The zero-order valence-corrected chi connectivity index (χ0v) is 15.5. The number of likely N-dealkylation sites (tertiary alicyclic amines) is 1. The third-order valence-electron chi connectivity index (χ3n) is 4.68. The van der Waals surface area contributed by atoms with E-state index >= 15 is 0 Å². The molecule has 1 N–H and O–H groups in total. The lowest BCUT2D eigenvalue weighted by atomic mass is 9.97. The molecule has 1 fully saturated rings. The molecule has 25 heavy (non-hydrogen) atoms. The van der Waals surface area contributed by atoms with Crippen LogP contribution in [0.5, 0.6) is 0 Å². The second kappa shape index (κ2) is 6.58. The second-order valence-electron chi connectivity index (χ2n) is 7.84. The third-order valence-corrected chi connectivity index (χ3v) is 4.68. The molecule has 0 radical (unpaired) electrons. The maximum Gasteiger partial charge on any atom is 0.410 e. The number of nitrogens with zero attached hydrogens (tertiary/aromatic N) is 2. The van der Waals surface area contributed by atoms with E-state index in [9.17, 15) is 9.59 Å². The summed E-state index contributed by atoms with van der Waals surface area (Å²) in [7, 11) is 1.83. The van der Waals surface area contributed by atoms with E-state index in [1.54, 1.807) is 9.80 Å². The number of likely N-dealkylation sites (N-methyl/N-ethyl adjacent to an activating group) is 1. The molecule has 1 atom stereocenters. The highest BCUT2D eigenvalue weighted by Crippen LogP contribution is 2.29. The molecule has 0 bridgehead atoms. The number of carbonyl (C=O) groups is 2. The molecular formula is C19H27N3O3. The van der Waals surface area contributed by atoms with Crippen LogP contribution < -0.4 is 5.32 Å². The number of hydrogen-bond acceptors (Lipinski definition) is 4. The van der Waals surface area contributed by atoms with Gasteiger partial charge in [0.05, 0.1) is 6.54 Å². The summed E-state index contributed by atoms with van der Waals surface area (Å²) in [6.07, 6.45) is 1.31. The van der Waals surface area contributed by atoms with Crippen molar-refractivity contribution in [3.05, 3.63) is 29.3 Å². The lowest BCUT2D eigenvalue weighted by Crippen LogP contribution is -2.40. The average molecular weight is 345 g/mol. The van der Waals surface area contributed by atoms with Crippen LogP contribution in [-0.4, -0.2) is 53.6 Å². The molecule has 6 heteroatoms. The van der Waals surface area contributed by atoms with Crippen molar-refractivity contribution >= 4 is 17.7 Å². The van der Waals surface area contributed by atoms with Crippen LogP contribution in [0.3, 0.4) is 0 Å². The van der Waals surface area contributed by atoms with Gasteiger partial charge in [-0.3, -0.25) is 4.79 Å². The molecule has 2 aliphatic rings. The third kappa shape index (κ3) is 3.89. The first-order chi connectivity index (χ1) is 11.7. The van der Waals surface area contributed by atoms with Gasteiger partial charge in [-0.2, -0.15) is 0 Å². The van der Waals surface area contributed by atoms with Crippen LogP contribution in [0.15, 0.2) is 18.2 Å². The number of benzene rings is 1. The van der Waals surface area contributed by atoms with Gasteiger partial charge in [-0.1, -0.05) is 12.1 Å². The van der Waals surface area contributed by atoms with E-state index in [4.69, 9.17) is 4.74 Å². The normalized spacial score (nSPS) is 20.5. The Balaban J connectivity index is 1.77. The molecule has 1 aromatic rings. The molecule has 0 unspecified atom stereocenters. The zero-order valence-electron chi connectivity index (χ0n) is 15.5. The molecule has 1 aromatic carbocycles. The van der Waals surface area contributed by atoms with Crippen molar-refractivity contribution < 1.29 is 14.3 Å². The van der Waals surface area contributed by atoms with Crippen LogP contribution in [0.4, 0.5) is 10.5 Å². The molecule has 0 spiro atoms. The largest absolute Gasteiger partial charge is 0.444 e. The summed E-state index contributed by atoms with van der Waals surface area (Å²) in [4.78, 5) is 28.1. The van der Waals surface area contributed by atoms with Gasteiger partial charge in [0.25, 0.3) is 0 Å². The minimum Gasteiger partial charge on any atom is -0.444 e. The first-order valence-electron chi connectivity index (χ1n) is 8.85. The Kier molecular flexibility index (Phi) is 4.62. The van der Waals surface area contributed by atoms with E-state index < -0.39 is 5.60 Å². The van der Waals surface area contributed by atoms with Gasteiger partial charge < -0.3 is 19.9 Å². The lowest BCUT2D eigenvalue weighted by molar-refractivity contribution is -0.127. The number of hydrogen-bond donors (Lipinski definition) is 1. The number of carbonyl (C=O) groups excluding carboxylic acids is 2. The Bertz CT molecular complexity index is 681. The number of ether oxygens (including phenoxy) is 1. The van der Waals surface area contributed by atoms with Crippen molar-refractivity contribution in [3.63, 3.8) is 0 Å². The maximum atomic E-state index is 12.4. The zero-order chi connectivity index (χ0) is 18.2. The summed E-state index contributed by atoms with van der Waals surface area (Å²) in [6.45, 7) is 7.55. The number of nitrogens with one attached hydrogen (secondary N) is 1. The predicted molar refractivity (Wildman–Crippen MR) is 96.5 cm³/mol. The summed E-state index contributed by atoms with van der Waals surface area (Å²) < 4.78 is 5.50. The van der Waals surface area contributed by atoms with Gasteiger partial charge in [-0.25, -0.2) is 4.79 Å². The second-order valence-corrected chi connectivity index (χ2v) is 7.84. The van der Waals surface area contributed by atoms with Crippen molar-refractivity contribution in [1.82, 2.24) is 9.80 Å². The van der Waals surface area contributed by atoms with Crippen molar-refractivity contribution in [2.75, 3.05) is 25.5 Å². The summed E-state index contributed by atoms with van der Waals surface area (Å²) in [5.74, 6) is 0.123. The van der Waals surface area contributed by atoms with E-state index in [1.807, 2.05) is 40.0 Å². The van der Waals surface area contributed by atoms with Crippen LogP contribution in [0.2, 0.25) is 0 Å². The molecular weight excluding hydrogens is 318 g/mol. The molecule has 3 rings (SSSR count). The van der Waals surface area contributed by atoms with E-state index in [0.717, 1.165) is 30.6 Å². The quantitative estimate of drug-likeness (QED) is 0.895. The van der Waals surface area contributed by atoms with Gasteiger partial charge in [0.2, 0.25) is 5.91 Å². The molecule has 1 saturated heterocycles. The highest BCUT2D eigenvalue weighted by atomic mass is 16.6. The minimum atomic E-state index is -0.504.